The molecule has 0 radical (unpaired) electrons. The molecule has 6 nitrogen and oxygen atoms in total. The molecule has 1 saturated heterocycles. The average molecular weight is 453 g/mol. The number of aryl methyl sites for hydroxylation is 1. The van der Waals surface area contributed by atoms with E-state index in [0.29, 0.717) is 41.2 Å². The molecule has 0 unspecified atom stereocenters. The standard InChI is InChI=1S/C22H29ClN2O4S/c1-16(2)14-25(22-17(3)12-19(23)13-24-22)30(26,27)21-6-4-20(5-7-21)29-15-18-8-10-28-11-9-18/h4-7,12-13,16,18H,8-11,14-15H2,1-3H3. The van der Waals surface area contributed by atoms with E-state index in [0.717, 1.165) is 26.1 Å². The van der Waals surface area contributed by atoms with Crippen molar-refractivity contribution >= 4 is 27.4 Å². The van der Waals surface area contributed by atoms with Crippen molar-refractivity contribution < 1.29 is 17.9 Å². The predicted octanol–water partition coefficient (Wildman–Crippen LogP) is 4.70. The summed E-state index contributed by atoms with van der Waals surface area (Å²) in [4.78, 5) is 4.51. The van der Waals surface area contributed by atoms with Gasteiger partial charge in [-0.3, -0.25) is 0 Å². The second kappa shape index (κ2) is 9.98. The molecule has 164 valence electrons. The monoisotopic (exact) mass is 452 g/mol. The molecular weight excluding hydrogens is 424 g/mol. The summed E-state index contributed by atoms with van der Waals surface area (Å²) in [5.41, 5.74) is 0.711. The van der Waals surface area contributed by atoms with Crippen LogP contribution in [-0.4, -0.2) is 39.8 Å². The van der Waals surface area contributed by atoms with Gasteiger partial charge in [0.2, 0.25) is 0 Å². The van der Waals surface area contributed by atoms with E-state index in [1.54, 1.807) is 30.3 Å². The Kier molecular flexibility index (Phi) is 7.60. The molecule has 2 aromatic rings. The first-order valence-electron chi connectivity index (χ1n) is 10.2. The molecular formula is C22H29ClN2O4S. The van der Waals surface area contributed by atoms with Crippen molar-refractivity contribution in [1.29, 1.82) is 0 Å². The van der Waals surface area contributed by atoms with Gasteiger partial charge < -0.3 is 9.47 Å². The molecule has 30 heavy (non-hydrogen) atoms. The van der Waals surface area contributed by atoms with E-state index in [1.165, 1.54) is 10.5 Å². The number of hydrogen-bond acceptors (Lipinski definition) is 5. The molecule has 0 saturated carbocycles. The van der Waals surface area contributed by atoms with Gasteiger partial charge in [-0.15, -0.1) is 0 Å². The summed E-state index contributed by atoms with van der Waals surface area (Å²) in [7, 11) is -3.78. The van der Waals surface area contributed by atoms with Gasteiger partial charge in [0.25, 0.3) is 10.0 Å². The van der Waals surface area contributed by atoms with Crippen molar-refractivity contribution in [2.24, 2.45) is 11.8 Å². The molecule has 1 aliphatic rings. The van der Waals surface area contributed by atoms with Crippen LogP contribution in [0, 0.1) is 18.8 Å². The van der Waals surface area contributed by atoms with Crippen LogP contribution in [0.1, 0.15) is 32.3 Å². The summed E-state index contributed by atoms with van der Waals surface area (Å²) in [5, 5.41) is 0.476. The summed E-state index contributed by atoms with van der Waals surface area (Å²) in [6.07, 6.45) is 3.45. The second-order valence-corrected chi connectivity index (χ2v) is 10.4. The quantitative estimate of drug-likeness (QED) is 0.580. The lowest BCUT2D eigenvalue weighted by Crippen LogP contribution is -2.35. The van der Waals surface area contributed by atoms with Gasteiger partial charge in [0.15, 0.2) is 0 Å². The number of sulfonamides is 1. The van der Waals surface area contributed by atoms with Gasteiger partial charge in [0.1, 0.15) is 11.6 Å². The number of ether oxygens (including phenoxy) is 2. The number of benzene rings is 1. The van der Waals surface area contributed by atoms with Gasteiger partial charge in [0.05, 0.1) is 16.5 Å². The molecule has 0 atom stereocenters. The van der Waals surface area contributed by atoms with Gasteiger partial charge in [-0.1, -0.05) is 25.4 Å². The highest BCUT2D eigenvalue weighted by molar-refractivity contribution is 7.92. The maximum absolute atomic E-state index is 13.4. The first kappa shape index (κ1) is 22.8. The highest BCUT2D eigenvalue weighted by atomic mass is 35.5. The number of pyridine rings is 1. The fraction of sp³-hybridized carbons (Fsp3) is 0.500. The molecule has 0 N–H and O–H groups in total. The first-order valence-corrected chi connectivity index (χ1v) is 12.0. The maximum Gasteiger partial charge on any atom is 0.265 e. The average Bonchev–Trinajstić information content (AvgIpc) is 2.72. The van der Waals surface area contributed by atoms with Gasteiger partial charge in [-0.25, -0.2) is 17.7 Å². The van der Waals surface area contributed by atoms with E-state index in [2.05, 4.69) is 4.98 Å². The lowest BCUT2D eigenvalue weighted by Gasteiger charge is -2.26. The van der Waals surface area contributed by atoms with Crippen LogP contribution in [-0.2, 0) is 14.8 Å². The van der Waals surface area contributed by atoms with Crippen LogP contribution in [0.2, 0.25) is 5.02 Å². The van der Waals surface area contributed by atoms with Crippen LogP contribution in [0.5, 0.6) is 5.75 Å². The molecule has 0 amide bonds. The summed E-state index contributed by atoms with van der Waals surface area (Å²) >= 11 is 6.01. The van der Waals surface area contributed by atoms with E-state index in [9.17, 15) is 8.42 Å². The van der Waals surface area contributed by atoms with Crippen molar-refractivity contribution in [3.05, 3.63) is 47.1 Å². The van der Waals surface area contributed by atoms with Gasteiger partial charge in [0, 0.05) is 26.0 Å². The molecule has 0 bridgehead atoms. The summed E-state index contributed by atoms with van der Waals surface area (Å²) in [6.45, 7) is 8.24. The maximum atomic E-state index is 13.4. The Morgan fingerprint density at radius 3 is 2.50 bits per heavy atom. The Morgan fingerprint density at radius 1 is 1.23 bits per heavy atom. The minimum absolute atomic E-state index is 0.124. The van der Waals surface area contributed by atoms with Crippen molar-refractivity contribution in [3.63, 3.8) is 0 Å². The SMILES string of the molecule is Cc1cc(Cl)cnc1N(CC(C)C)S(=O)(=O)c1ccc(OCC2CCOCC2)cc1. The number of rotatable bonds is 8. The van der Waals surface area contributed by atoms with Crippen LogP contribution in [0.4, 0.5) is 5.82 Å². The molecule has 1 aliphatic heterocycles. The molecule has 3 rings (SSSR count). The number of halogens is 1. The van der Waals surface area contributed by atoms with Crippen molar-refractivity contribution in [2.45, 2.75) is 38.5 Å². The topological polar surface area (TPSA) is 68.7 Å². The fourth-order valence-electron chi connectivity index (χ4n) is 3.39. The molecule has 0 spiro atoms. The summed E-state index contributed by atoms with van der Waals surface area (Å²) < 4.78 is 39.4. The van der Waals surface area contributed by atoms with E-state index in [4.69, 9.17) is 21.1 Å². The zero-order valence-corrected chi connectivity index (χ0v) is 19.2. The van der Waals surface area contributed by atoms with E-state index >= 15 is 0 Å². The number of nitrogens with zero attached hydrogens (tertiary/aromatic N) is 2. The van der Waals surface area contributed by atoms with E-state index < -0.39 is 10.0 Å². The molecule has 1 fully saturated rings. The normalized spacial score (nSPS) is 15.4. The van der Waals surface area contributed by atoms with Gasteiger partial charge in [-0.2, -0.15) is 0 Å². The summed E-state index contributed by atoms with van der Waals surface area (Å²) in [6, 6.07) is 8.32. The Bertz CT molecular complexity index is 942. The van der Waals surface area contributed by atoms with Crippen LogP contribution < -0.4 is 9.04 Å². The molecule has 1 aromatic heterocycles. The predicted molar refractivity (Wildman–Crippen MR) is 119 cm³/mol. The van der Waals surface area contributed by atoms with Crippen molar-refractivity contribution in [2.75, 3.05) is 30.7 Å². The molecule has 1 aromatic carbocycles. The van der Waals surface area contributed by atoms with Gasteiger partial charge >= 0.3 is 0 Å². The third kappa shape index (κ3) is 5.65. The lowest BCUT2D eigenvalue weighted by molar-refractivity contribution is 0.0497. The van der Waals surface area contributed by atoms with Crippen molar-refractivity contribution in [3.8, 4) is 5.75 Å². The zero-order chi connectivity index (χ0) is 21.7. The number of anilines is 1. The summed E-state index contributed by atoms with van der Waals surface area (Å²) in [5.74, 6) is 1.66. The number of hydrogen-bond donors (Lipinski definition) is 0. The minimum Gasteiger partial charge on any atom is -0.493 e. The molecule has 0 aliphatic carbocycles. The van der Waals surface area contributed by atoms with Crippen LogP contribution >= 0.6 is 11.6 Å². The van der Waals surface area contributed by atoms with Gasteiger partial charge in [-0.05, 0) is 67.5 Å². The first-order chi connectivity index (χ1) is 14.3. The van der Waals surface area contributed by atoms with Crippen molar-refractivity contribution in [1.82, 2.24) is 4.98 Å². The molecule has 2 heterocycles. The Morgan fingerprint density at radius 2 is 1.90 bits per heavy atom. The third-order valence-corrected chi connectivity index (χ3v) is 7.00. The Hall–Kier alpha value is -1.83. The fourth-order valence-corrected chi connectivity index (χ4v) is 5.25. The minimum atomic E-state index is -3.78. The Balaban J connectivity index is 1.80. The Labute approximate surface area is 184 Å². The molecule has 8 heteroatoms. The highest BCUT2D eigenvalue weighted by Crippen LogP contribution is 2.28. The third-order valence-electron chi connectivity index (χ3n) is 5.02. The largest absolute Gasteiger partial charge is 0.493 e. The van der Waals surface area contributed by atoms with Crippen LogP contribution in [0.25, 0.3) is 0 Å². The van der Waals surface area contributed by atoms with E-state index in [-0.39, 0.29) is 10.8 Å². The zero-order valence-electron chi connectivity index (χ0n) is 17.7. The highest BCUT2D eigenvalue weighted by Gasteiger charge is 2.28. The second-order valence-electron chi connectivity index (χ2n) is 8.06. The van der Waals surface area contributed by atoms with Crippen LogP contribution in [0.3, 0.4) is 0 Å². The smallest absolute Gasteiger partial charge is 0.265 e. The lowest BCUT2D eigenvalue weighted by atomic mass is 10.0. The number of aromatic nitrogens is 1. The van der Waals surface area contributed by atoms with Crippen LogP contribution in [0.15, 0.2) is 41.4 Å². The van der Waals surface area contributed by atoms with E-state index in [1.807, 2.05) is 20.8 Å².